The van der Waals surface area contributed by atoms with Crippen LogP contribution in [0, 0.1) is 0 Å². The molecule has 0 unspecified atom stereocenters. The molecule has 3 aromatic rings. The van der Waals surface area contributed by atoms with Crippen LogP contribution in [-0.2, 0) is 16.0 Å². The fourth-order valence-electron chi connectivity index (χ4n) is 3.65. The van der Waals surface area contributed by atoms with E-state index in [1.807, 2.05) is 42.5 Å². The van der Waals surface area contributed by atoms with E-state index in [0.29, 0.717) is 15.6 Å². The van der Waals surface area contributed by atoms with Crippen LogP contribution in [0.25, 0.3) is 11.1 Å². The molecule has 33 heavy (non-hydrogen) atoms. The number of ketones is 1. The Kier molecular flexibility index (Phi) is 8.36. The first kappa shape index (κ1) is 25.5. The maximum atomic E-state index is 13.5. The van der Waals surface area contributed by atoms with Crippen molar-refractivity contribution in [1.82, 2.24) is 4.98 Å². The monoisotopic (exact) mass is 523 g/mol. The molecule has 0 amide bonds. The van der Waals surface area contributed by atoms with Crippen LogP contribution in [0.15, 0.2) is 47.5 Å². The summed E-state index contributed by atoms with van der Waals surface area (Å²) in [5.41, 5.74) is 4.26. The van der Waals surface area contributed by atoms with Crippen LogP contribution < -0.4 is 9.20 Å². The molecule has 0 bridgehead atoms. The third-order valence-corrected chi connectivity index (χ3v) is 6.51. The zero-order chi connectivity index (χ0) is 24.3. The fraction of sp³-hybridized carbons (Fsp3) is 0.269. The number of carbonyl (C=O) groups is 1. The molecule has 0 aliphatic carbocycles. The van der Waals surface area contributed by atoms with Gasteiger partial charge in [0.05, 0.1) is 0 Å². The number of nitrogens with zero attached hydrogens (tertiary/aromatic N) is 2. The topological polar surface area (TPSA) is 51.5 Å². The second kappa shape index (κ2) is 10.8. The molecule has 0 atom stereocenters. The fourth-order valence-corrected chi connectivity index (χ4v) is 4.39. The number of aliphatic imine (C=N–C) groups is 1. The molecular formula is C26H25Cl2FeN2O2. The van der Waals surface area contributed by atoms with Crippen molar-refractivity contribution in [2.24, 2.45) is 4.99 Å². The van der Waals surface area contributed by atoms with Crippen LogP contribution >= 0.6 is 23.2 Å². The summed E-state index contributed by atoms with van der Waals surface area (Å²) >= 11 is 16.8. The van der Waals surface area contributed by atoms with Crippen molar-refractivity contribution in [3.63, 3.8) is 0 Å². The number of aromatic nitrogens is 1. The number of halogens is 2. The molecule has 0 saturated carbocycles. The van der Waals surface area contributed by atoms with E-state index in [-0.39, 0.29) is 33.5 Å². The van der Waals surface area contributed by atoms with Gasteiger partial charge in [0.15, 0.2) is 0 Å². The van der Waals surface area contributed by atoms with Crippen molar-refractivity contribution < 1.29 is 25.5 Å². The molecule has 0 fully saturated rings. The normalized spacial score (nSPS) is 11.6. The summed E-state index contributed by atoms with van der Waals surface area (Å²) in [6.07, 6.45) is 1.30. The average Bonchev–Trinajstić information content (AvgIpc) is 2.78. The van der Waals surface area contributed by atoms with Gasteiger partial charge in [0.1, 0.15) is 0 Å². The van der Waals surface area contributed by atoms with Crippen LogP contribution in [0.1, 0.15) is 61.0 Å². The zero-order valence-corrected chi connectivity index (χ0v) is 21.7. The summed E-state index contributed by atoms with van der Waals surface area (Å²) in [5.74, 6) is 0.300. The predicted octanol–water partition coefficient (Wildman–Crippen LogP) is 7.07. The van der Waals surface area contributed by atoms with Crippen molar-refractivity contribution >= 4 is 45.3 Å². The van der Waals surface area contributed by atoms with Crippen molar-refractivity contribution in [3.05, 3.63) is 69.3 Å². The Labute approximate surface area is 213 Å². The molecule has 4 nitrogen and oxygen atoms in total. The number of hydrogen-bond donors (Lipinski definition) is 0. The van der Waals surface area contributed by atoms with E-state index in [1.165, 1.54) is 13.3 Å². The van der Waals surface area contributed by atoms with Gasteiger partial charge in [-0.25, -0.2) is 0 Å². The van der Waals surface area contributed by atoms with Gasteiger partial charge in [-0.2, -0.15) is 0 Å². The second-order valence-corrected chi connectivity index (χ2v) is 9.49. The summed E-state index contributed by atoms with van der Waals surface area (Å²) in [6, 6.07) is 13.5. The Morgan fingerprint density at radius 1 is 1.03 bits per heavy atom. The Morgan fingerprint density at radius 2 is 1.64 bits per heavy atom. The van der Waals surface area contributed by atoms with E-state index in [2.05, 4.69) is 53.7 Å². The molecule has 0 spiro atoms. The van der Waals surface area contributed by atoms with Gasteiger partial charge in [0.25, 0.3) is 0 Å². The quantitative estimate of drug-likeness (QED) is 0.144. The molecule has 0 aliphatic heterocycles. The van der Waals surface area contributed by atoms with Crippen molar-refractivity contribution in [2.45, 2.75) is 39.5 Å². The Morgan fingerprint density at radius 3 is 2.18 bits per heavy atom. The summed E-state index contributed by atoms with van der Waals surface area (Å²) in [7, 11) is 1.47. The predicted molar refractivity (Wildman–Crippen MR) is 133 cm³/mol. The Bertz CT molecular complexity index is 1200. The van der Waals surface area contributed by atoms with E-state index in [1.54, 1.807) is 0 Å². The van der Waals surface area contributed by atoms with Crippen LogP contribution in [0.5, 0.6) is 5.88 Å². The average molecular weight is 524 g/mol. The minimum absolute atomic E-state index is 0.0130. The first-order valence-electron chi connectivity index (χ1n) is 10.5. The van der Waals surface area contributed by atoms with Gasteiger partial charge < -0.3 is 0 Å². The molecule has 0 radical (unpaired) electrons. The molecule has 2 aromatic carbocycles. The van der Waals surface area contributed by atoms with Crippen LogP contribution in [0.3, 0.4) is 0 Å². The van der Waals surface area contributed by atoms with Crippen molar-refractivity contribution in [1.29, 1.82) is 0 Å². The molecule has 7 heteroatoms. The van der Waals surface area contributed by atoms with Gasteiger partial charge in [-0.1, -0.05) is 0 Å². The summed E-state index contributed by atoms with van der Waals surface area (Å²) in [4.78, 5) is 22.4. The van der Waals surface area contributed by atoms with E-state index in [0.717, 1.165) is 16.8 Å². The van der Waals surface area contributed by atoms with E-state index < -0.39 is 5.78 Å². The number of para-hydroxylation sites is 1. The van der Waals surface area contributed by atoms with Crippen LogP contribution in [-0.4, -0.2) is 24.1 Å². The van der Waals surface area contributed by atoms with Gasteiger partial charge in [0, 0.05) is 0 Å². The SMILES string of the molecule is COc1nc(Cl)c(Cl)c(C(=O)C=Nc2c(C(C)C)cccc2C(C)C)c1-c1cccc[c]1[Fe]. The third kappa shape index (κ3) is 5.33. The number of pyridine rings is 1. The molecular weight excluding hydrogens is 499 g/mol. The van der Waals surface area contributed by atoms with Gasteiger partial charge >= 0.3 is 214 Å². The number of hydrogen-bond acceptors (Lipinski definition) is 4. The van der Waals surface area contributed by atoms with Crippen molar-refractivity contribution in [3.8, 4) is 17.0 Å². The minimum atomic E-state index is -0.394. The molecule has 0 N–H and O–H groups in total. The number of carbonyl (C=O) groups excluding carboxylic acids is 1. The first-order valence-corrected chi connectivity index (χ1v) is 11.9. The van der Waals surface area contributed by atoms with Gasteiger partial charge in [0.2, 0.25) is 0 Å². The summed E-state index contributed by atoms with van der Waals surface area (Å²) in [5, 5.41) is 0.0365. The van der Waals surface area contributed by atoms with Gasteiger partial charge in [-0.15, -0.1) is 0 Å². The first-order chi connectivity index (χ1) is 15.7. The zero-order valence-electron chi connectivity index (χ0n) is 19.1. The van der Waals surface area contributed by atoms with Gasteiger partial charge in [-0.3, -0.25) is 0 Å². The van der Waals surface area contributed by atoms with Gasteiger partial charge in [-0.05, 0) is 0 Å². The number of ether oxygens (including phenoxy) is 1. The van der Waals surface area contributed by atoms with E-state index in [9.17, 15) is 4.79 Å². The standard InChI is InChI=1S/C26H25Cl2N2O2.Fe/c1-15(2)18-12-9-13-19(16(3)4)24(18)29-14-20(31)22-21(17-10-7-6-8-11-17)26(32-5)30-25(28)23(22)27;/h6-10,12-16H,1-5H3;. The third-order valence-electron chi connectivity index (χ3n) is 5.29. The van der Waals surface area contributed by atoms with Crippen LogP contribution in [0.4, 0.5) is 5.69 Å². The second-order valence-electron chi connectivity index (χ2n) is 8.16. The maximum absolute atomic E-state index is 13.5. The molecule has 0 aliphatic rings. The molecule has 1 heterocycles. The Hall–Kier alpha value is -2.17. The molecule has 3 rings (SSSR count). The number of methoxy groups -OCH3 is 1. The van der Waals surface area contributed by atoms with E-state index >= 15 is 0 Å². The number of rotatable bonds is 7. The van der Waals surface area contributed by atoms with Crippen molar-refractivity contribution in [2.75, 3.05) is 7.11 Å². The molecule has 1 aromatic heterocycles. The molecule has 0 saturated heterocycles. The number of Topliss-reactive ketones (excluding diaryl/α,β-unsaturated/α-hetero) is 1. The Balaban J connectivity index is 2.22. The molecule has 173 valence electrons. The van der Waals surface area contributed by atoms with E-state index in [4.69, 9.17) is 27.9 Å². The summed E-state index contributed by atoms with van der Waals surface area (Å²) < 4.78 is 6.17. The number of benzene rings is 2. The van der Waals surface area contributed by atoms with Crippen LogP contribution in [0.2, 0.25) is 10.2 Å². The summed E-state index contributed by atoms with van der Waals surface area (Å²) in [6.45, 7) is 8.42.